The standard InChI is InChI=1S/C24H21F2N9O2/c1-13-20(35-29-6-7-30-35)10-18(12-28-13)32-22-16(11-27)9-19(26)23(34-22)33-21(14(2)31-24(36)37)15-4-3-5-17(25)8-15/h3-10,12,14,21,31H,1-2H3,(H,36,37)(H2,32,33,34)/t14-,21-/m0/s1. The third kappa shape index (κ3) is 5.76. The molecule has 0 saturated heterocycles. The molecule has 37 heavy (non-hydrogen) atoms. The fourth-order valence-electron chi connectivity index (χ4n) is 3.66. The zero-order valence-corrected chi connectivity index (χ0v) is 19.6. The van der Waals surface area contributed by atoms with Gasteiger partial charge in [-0.3, -0.25) is 4.98 Å². The van der Waals surface area contributed by atoms with E-state index in [1.165, 1.54) is 41.6 Å². The van der Waals surface area contributed by atoms with Crippen LogP contribution >= 0.6 is 0 Å². The Balaban J connectivity index is 1.70. The molecule has 0 aliphatic heterocycles. The molecular formula is C24H21F2N9O2. The van der Waals surface area contributed by atoms with Gasteiger partial charge in [-0.05, 0) is 43.7 Å². The first-order chi connectivity index (χ1) is 17.7. The van der Waals surface area contributed by atoms with Crippen LogP contribution in [0.5, 0.6) is 0 Å². The van der Waals surface area contributed by atoms with Gasteiger partial charge < -0.3 is 21.1 Å². The topological polar surface area (TPSA) is 154 Å². The van der Waals surface area contributed by atoms with E-state index in [2.05, 4.69) is 36.1 Å². The van der Waals surface area contributed by atoms with Crippen molar-refractivity contribution in [2.45, 2.75) is 25.9 Å². The lowest BCUT2D eigenvalue weighted by atomic mass is 10.00. The van der Waals surface area contributed by atoms with Gasteiger partial charge in [0, 0.05) is 0 Å². The van der Waals surface area contributed by atoms with E-state index in [9.17, 15) is 23.9 Å². The van der Waals surface area contributed by atoms with Gasteiger partial charge in [0.15, 0.2) is 17.5 Å². The lowest BCUT2D eigenvalue weighted by Crippen LogP contribution is -2.39. The molecule has 0 fully saturated rings. The smallest absolute Gasteiger partial charge is 0.404 e. The van der Waals surface area contributed by atoms with Crippen molar-refractivity contribution in [3.63, 3.8) is 0 Å². The first kappa shape index (κ1) is 25.0. The van der Waals surface area contributed by atoms with Gasteiger partial charge >= 0.3 is 6.09 Å². The fraction of sp³-hybridized carbons (Fsp3) is 0.167. The number of pyridine rings is 2. The van der Waals surface area contributed by atoms with Gasteiger partial charge in [-0.1, -0.05) is 12.1 Å². The number of halogens is 2. The largest absolute Gasteiger partial charge is 0.465 e. The van der Waals surface area contributed by atoms with E-state index in [0.717, 1.165) is 6.07 Å². The summed E-state index contributed by atoms with van der Waals surface area (Å²) in [5.41, 5.74) is 1.94. The molecule has 4 aromatic rings. The van der Waals surface area contributed by atoms with Gasteiger partial charge in [0.05, 0.1) is 47.6 Å². The Morgan fingerprint density at radius 2 is 1.92 bits per heavy atom. The molecular weight excluding hydrogens is 484 g/mol. The minimum absolute atomic E-state index is 0.0215. The molecule has 13 heteroatoms. The van der Waals surface area contributed by atoms with Crippen LogP contribution in [0, 0.1) is 29.9 Å². The Labute approximate surface area is 209 Å². The summed E-state index contributed by atoms with van der Waals surface area (Å²) >= 11 is 0. The molecule has 3 heterocycles. The Hall–Kier alpha value is -5.12. The van der Waals surface area contributed by atoms with Crippen LogP contribution in [0.3, 0.4) is 0 Å². The lowest BCUT2D eigenvalue weighted by molar-refractivity contribution is 0.189. The van der Waals surface area contributed by atoms with E-state index in [0.29, 0.717) is 22.6 Å². The first-order valence-corrected chi connectivity index (χ1v) is 11.0. The van der Waals surface area contributed by atoms with E-state index >= 15 is 0 Å². The minimum Gasteiger partial charge on any atom is -0.465 e. The molecule has 4 rings (SSSR count). The summed E-state index contributed by atoms with van der Waals surface area (Å²) in [5, 5.41) is 35.0. The van der Waals surface area contributed by atoms with Crippen molar-refractivity contribution in [1.82, 2.24) is 30.3 Å². The van der Waals surface area contributed by atoms with E-state index < -0.39 is 29.8 Å². The second-order valence-electron chi connectivity index (χ2n) is 8.01. The van der Waals surface area contributed by atoms with Gasteiger partial charge in [-0.2, -0.15) is 15.5 Å². The fourth-order valence-corrected chi connectivity index (χ4v) is 3.66. The van der Waals surface area contributed by atoms with E-state index in [1.54, 1.807) is 26.0 Å². The second kappa shape index (κ2) is 10.6. The van der Waals surface area contributed by atoms with Crippen LogP contribution in [0.15, 0.2) is 55.0 Å². The number of hydrogen-bond donors (Lipinski definition) is 4. The average Bonchev–Trinajstić information content (AvgIpc) is 3.39. The number of nitriles is 1. The molecule has 11 nitrogen and oxygen atoms in total. The Morgan fingerprint density at radius 3 is 2.59 bits per heavy atom. The van der Waals surface area contributed by atoms with Crippen LogP contribution in [0.4, 0.5) is 30.9 Å². The highest BCUT2D eigenvalue weighted by atomic mass is 19.1. The number of carboxylic acid groups (broad SMARTS) is 1. The average molecular weight is 505 g/mol. The quantitative estimate of drug-likeness (QED) is 0.277. The summed E-state index contributed by atoms with van der Waals surface area (Å²) < 4.78 is 28.9. The number of nitrogens with zero attached hydrogens (tertiary/aromatic N) is 6. The molecule has 0 aliphatic rings. The van der Waals surface area contributed by atoms with Crippen LogP contribution in [-0.2, 0) is 0 Å². The molecule has 188 valence electrons. The van der Waals surface area contributed by atoms with E-state index in [-0.39, 0.29) is 17.2 Å². The van der Waals surface area contributed by atoms with Gasteiger partial charge in [0.1, 0.15) is 17.6 Å². The first-order valence-electron chi connectivity index (χ1n) is 11.0. The SMILES string of the molecule is Cc1ncc(Nc2nc(N[C@H](c3cccc(F)c3)[C@H](C)NC(=O)O)c(F)cc2C#N)cc1-n1nccn1. The molecule has 0 aliphatic carbocycles. The molecule has 2 atom stereocenters. The monoisotopic (exact) mass is 505 g/mol. The third-order valence-corrected chi connectivity index (χ3v) is 5.40. The highest BCUT2D eigenvalue weighted by Gasteiger charge is 2.24. The summed E-state index contributed by atoms with van der Waals surface area (Å²) in [5.74, 6) is -1.65. The van der Waals surface area contributed by atoms with E-state index in [4.69, 9.17) is 0 Å². The maximum absolute atomic E-state index is 15.0. The second-order valence-corrected chi connectivity index (χ2v) is 8.01. The number of carbonyl (C=O) groups is 1. The van der Waals surface area contributed by atoms with Crippen molar-refractivity contribution in [2.24, 2.45) is 0 Å². The molecule has 0 radical (unpaired) electrons. The van der Waals surface area contributed by atoms with Crippen LogP contribution in [0.25, 0.3) is 5.69 Å². The summed E-state index contributed by atoms with van der Waals surface area (Å²) in [7, 11) is 0. The molecule has 0 saturated carbocycles. The van der Waals surface area contributed by atoms with Crippen molar-refractivity contribution >= 4 is 23.4 Å². The Bertz CT molecular complexity index is 1470. The number of amides is 1. The number of anilines is 3. The van der Waals surface area contributed by atoms with Crippen LogP contribution in [0.2, 0.25) is 0 Å². The number of aryl methyl sites for hydroxylation is 1. The Morgan fingerprint density at radius 1 is 1.16 bits per heavy atom. The molecule has 1 aromatic carbocycles. The van der Waals surface area contributed by atoms with Crippen molar-refractivity contribution in [3.8, 4) is 11.8 Å². The summed E-state index contributed by atoms with van der Waals surface area (Å²) in [6, 6.07) is 8.35. The summed E-state index contributed by atoms with van der Waals surface area (Å²) in [6.07, 6.45) is 3.24. The van der Waals surface area contributed by atoms with Crippen LogP contribution in [0.1, 0.15) is 29.8 Å². The normalized spacial score (nSPS) is 12.3. The number of benzene rings is 1. The van der Waals surface area contributed by atoms with Crippen molar-refractivity contribution in [2.75, 3.05) is 10.6 Å². The van der Waals surface area contributed by atoms with Gasteiger partial charge in [0.25, 0.3) is 0 Å². The Kier molecular flexibility index (Phi) is 7.19. The zero-order valence-electron chi connectivity index (χ0n) is 19.6. The number of hydrogen-bond acceptors (Lipinski definition) is 8. The minimum atomic E-state index is -1.30. The van der Waals surface area contributed by atoms with E-state index in [1.807, 2.05) is 6.07 Å². The predicted octanol–water partition coefficient (Wildman–Crippen LogP) is 4.07. The molecule has 0 bridgehead atoms. The van der Waals surface area contributed by atoms with Crippen LogP contribution < -0.4 is 16.0 Å². The van der Waals surface area contributed by atoms with Crippen molar-refractivity contribution in [3.05, 3.63) is 83.4 Å². The molecule has 3 aromatic heterocycles. The third-order valence-electron chi connectivity index (χ3n) is 5.40. The number of rotatable bonds is 8. The van der Waals surface area contributed by atoms with Gasteiger partial charge in [-0.25, -0.2) is 18.6 Å². The highest BCUT2D eigenvalue weighted by molar-refractivity contribution is 5.67. The predicted molar refractivity (Wildman–Crippen MR) is 129 cm³/mol. The molecule has 4 N–H and O–H groups in total. The maximum Gasteiger partial charge on any atom is 0.404 e. The number of nitrogens with one attached hydrogen (secondary N) is 3. The van der Waals surface area contributed by atoms with Gasteiger partial charge in [-0.15, -0.1) is 4.80 Å². The number of aromatic nitrogens is 5. The maximum atomic E-state index is 15.0. The zero-order chi connectivity index (χ0) is 26.5. The summed E-state index contributed by atoms with van der Waals surface area (Å²) in [6.45, 7) is 3.32. The molecule has 0 spiro atoms. The van der Waals surface area contributed by atoms with Crippen molar-refractivity contribution in [1.29, 1.82) is 5.26 Å². The molecule has 1 amide bonds. The van der Waals surface area contributed by atoms with Gasteiger partial charge in [0.2, 0.25) is 0 Å². The highest BCUT2D eigenvalue weighted by Crippen LogP contribution is 2.29. The van der Waals surface area contributed by atoms with Crippen molar-refractivity contribution < 1.29 is 18.7 Å². The van der Waals surface area contributed by atoms with Crippen LogP contribution in [-0.4, -0.2) is 42.2 Å². The molecule has 0 unspecified atom stereocenters. The lowest BCUT2D eigenvalue weighted by Gasteiger charge is -2.26. The summed E-state index contributed by atoms with van der Waals surface area (Å²) in [4.78, 5) is 21.2.